The number of benzene rings is 4. The molecule has 0 aliphatic carbocycles. The summed E-state index contributed by atoms with van der Waals surface area (Å²) in [7, 11) is 0. The molecule has 1 aromatic heterocycles. The van der Waals surface area contributed by atoms with Crippen molar-refractivity contribution in [3.63, 3.8) is 0 Å². The van der Waals surface area contributed by atoms with Crippen molar-refractivity contribution in [3.8, 4) is 11.5 Å². The van der Waals surface area contributed by atoms with Gasteiger partial charge in [0.25, 0.3) is 5.56 Å². The van der Waals surface area contributed by atoms with Crippen molar-refractivity contribution in [1.29, 1.82) is 0 Å². The molecular formula is C37H34N2O5S. The smallest absolute Gasteiger partial charge is 0.338 e. The van der Waals surface area contributed by atoms with Crippen LogP contribution >= 0.6 is 11.3 Å². The summed E-state index contributed by atoms with van der Waals surface area (Å²) in [5, 5.41) is 2.30. The maximum Gasteiger partial charge on any atom is 0.338 e. The molecule has 1 aliphatic rings. The van der Waals surface area contributed by atoms with Crippen LogP contribution in [-0.4, -0.2) is 23.2 Å². The van der Waals surface area contributed by atoms with E-state index < -0.39 is 12.0 Å². The van der Waals surface area contributed by atoms with Crippen LogP contribution < -0.4 is 24.4 Å². The van der Waals surface area contributed by atoms with E-state index in [-0.39, 0.29) is 11.7 Å². The molecule has 4 aromatic carbocycles. The van der Waals surface area contributed by atoms with Crippen LogP contribution in [0.1, 0.15) is 50.4 Å². The SMILES string of the molecule is CCOc1ccc([C@@H]2C(C(=O)OC(C)C)=C(C)N=c3s/c(=C/c4ccccc4OCc4cccc5ccccc45)c(=O)n32)cc1. The largest absolute Gasteiger partial charge is 0.494 e. The molecule has 0 spiro atoms. The van der Waals surface area contributed by atoms with Gasteiger partial charge in [-0.25, -0.2) is 9.79 Å². The highest BCUT2D eigenvalue weighted by Gasteiger charge is 2.33. The van der Waals surface area contributed by atoms with Gasteiger partial charge in [-0.15, -0.1) is 0 Å². The number of esters is 1. The Morgan fingerprint density at radius 3 is 2.47 bits per heavy atom. The first-order valence-corrected chi connectivity index (χ1v) is 15.8. The summed E-state index contributed by atoms with van der Waals surface area (Å²) in [6.45, 7) is 8.22. The van der Waals surface area contributed by atoms with Gasteiger partial charge in [0.1, 0.15) is 18.1 Å². The quantitative estimate of drug-likeness (QED) is 0.181. The van der Waals surface area contributed by atoms with Crippen molar-refractivity contribution >= 4 is 34.2 Å². The Morgan fingerprint density at radius 2 is 1.69 bits per heavy atom. The van der Waals surface area contributed by atoms with Crippen molar-refractivity contribution in [2.24, 2.45) is 4.99 Å². The number of thiazole rings is 1. The van der Waals surface area contributed by atoms with Crippen molar-refractivity contribution in [1.82, 2.24) is 4.57 Å². The maximum atomic E-state index is 14.1. The van der Waals surface area contributed by atoms with Gasteiger partial charge in [0, 0.05) is 5.56 Å². The molecule has 0 saturated carbocycles. The Morgan fingerprint density at radius 1 is 0.956 bits per heavy atom. The van der Waals surface area contributed by atoms with E-state index in [0.29, 0.717) is 45.3 Å². The van der Waals surface area contributed by atoms with Crippen molar-refractivity contribution < 1.29 is 19.0 Å². The third-order valence-corrected chi connectivity index (χ3v) is 8.54. The van der Waals surface area contributed by atoms with Crippen molar-refractivity contribution in [3.05, 3.63) is 139 Å². The van der Waals surface area contributed by atoms with E-state index in [1.165, 1.54) is 11.3 Å². The first-order chi connectivity index (χ1) is 21.8. The summed E-state index contributed by atoms with van der Waals surface area (Å²) in [4.78, 5) is 32.8. The van der Waals surface area contributed by atoms with Gasteiger partial charge in [0.2, 0.25) is 0 Å². The Balaban J connectivity index is 1.41. The van der Waals surface area contributed by atoms with E-state index in [9.17, 15) is 9.59 Å². The number of carbonyl (C=O) groups excluding carboxylic acids is 1. The second-order valence-corrected chi connectivity index (χ2v) is 12.0. The molecule has 0 bridgehead atoms. The highest BCUT2D eigenvalue weighted by molar-refractivity contribution is 7.07. The first-order valence-electron chi connectivity index (χ1n) is 15.0. The van der Waals surface area contributed by atoms with E-state index in [1.807, 2.05) is 79.7 Å². The number of aromatic nitrogens is 1. The summed E-state index contributed by atoms with van der Waals surface area (Å²) in [5.41, 5.74) is 3.22. The average molecular weight is 619 g/mol. The highest BCUT2D eigenvalue weighted by atomic mass is 32.1. The lowest BCUT2D eigenvalue weighted by molar-refractivity contribution is -0.143. The molecule has 5 aromatic rings. The van der Waals surface area contributed by atoms with Gasteiger partial charge < -0.3 is 14.2 Å². The van der Waals surface area contributed by atoms with Crippen LogP contribution in [0.2, 0.25) is 0 Å². The van der Waals surface area contributed by atoms with Crippen LogP contribution in [0.4, 0.5) is 0 Å². The zero-order valence-electron chi connectivity index (χ0n) is 25.7. The van der Waals surface area contributed by atoms with Gasteiger partial charge in [0.15, 0.2) is 4.80 Å². The van der Waals surface area contributed by atoms with E-state index >= 15 is 0 Å². The number of fused-ring (bicyclic) bond motifs is 2. The molecule has 0 radical (unpaired) electrons. The third-order valence-electron chi connectivity index (χ3n) is 7.56. The molecule has 6 rings (SSSR count). The number of nitrogens with zero attached hydrogens (tertiary/aromatic N) is 2. The standard InChI is InChI=1S/C37H34N2O5S/c1-5-42-29-19-17-26(18-20-29)34-33(36(41)44-23(2)3)24(4)38-37-39(34)35(40)32(45-37)21-27-12-7-9-16-31(27)43-22-28-14-10-13-25-11-6-8-15-30(25)28/h6-21,23,34H,5,22H2,1-4H3/b32-21+/t34-/m1/s1. The van der Waals surface area contributed by atoms with E-state index in [4.69, 9.17) is 19.2 Å². The minimum atomic E-state index is -0.705. The second kappa shape index (κ2) is 13.0. The predicted octanol–water partition coefficient (Wildman–Crippen LogP) is 6.32. The molecule has 2 heterocycles. The normalized spacial score (nSPS) is 14.8. The van der Waals surface area contributed by atoms with Gasteiger partial charge in [-0.1, -0.05) is 84.1 Å². The van der Waals surface area contributed by atoms with Crippen LogP contribution in [0, 0.1) is 0 Å². The van der Waals surface area contributed by atoms with Crippen LogP contribution in [0.25, 0.3) is 16.8 Å². The van der Waals surface area contributed by atoms with Gasteiger partial charge >= 0.3 is 5.97 Å². The molecule has 45 heavy (non-hydrogen) atoms. The lowest BCUT2D eigenvalue weighted by Gasteiger charge is -2.25. The Bertz CT molecular complexity index is 2080. The maximum absolute atomic E-state index is 14.1. The number of rotatable bonds is 9. The van der Waals surface area contributed by atoms with E-state index in [1.54, 1.807) is 25.3 Å². The zero-order valence-corrected chi connectivity index (χ0v) is 26.5. The van der Waals surface area contributed by atoms with E-state index in [0.717, 1.165) is 27.5 Å². The van der Waals surface area contributed by atoms with Crippen LogP contribution in [0.3, 0.4) is 0 Å². The lowest BCUT2D eigenvalue weighted by atomic mass is 9.96. The zero-order chi connectivity index (χ0) is 31.5. The Kier molecular flexibility index (Phi) is 8.67. The van der Waals surface area contributed by atoms with Crippen molar-refractivity contribution in [2.45, 2.75) is 46.4 Å². The van der Waals surface area contributed by atoms with Crippen LogP contribution in [-0.2, 0) is 16.1 Å². The summed E-state index contributed by atoms with van der Waals surface area (Å²) < 4.78 is 19.7. The number of para-hydroxylation sites is 1. The first kappa shape index (κ1) is 30.1. The Labute approximate surface area is 265 Å². The van der Waals surface area contributed by atoms with E-state index in [2.05, 4.69) is 24.3 Å². The summed E-state index contributed by atoms with van der Waals surface area (Å²) in [5.74, 6) is 0.879. The second-order valence-electron chi connectivity index (χ2n) is 11.0. The third kappa shape index (κ3) is 6.19. The highest BCUT2D eigenvalue weighted by Crippen LogP contribution is 2.32. The summed E-state index contributed by atoms with van der Waals surface area (Å²) in [6.07, 6.45) is 1.51. The van der Waals surface area contributed by atoms with Crippen LogP contribution in [0.5, 0.6) is 11.5 Å². The average Bonchev–Trinajstić information content (AvgIpc) is 3.33. The van der Waals surface area contributed by atoms with Crippen LogP contribution in [0.15, 0.2) is 112 Å². The Hall–Kier alpha value is -4.95. The molecule has 0 N–H and O–H groups in total. The van der Waals surface area contributed by atoms with Gasteiger partial charge in [0.05, 0.1) is 34.6 Å². The molecule has 228 valence electrons. The monoisotopic (exact) mass is 618 g/mol. The fourth-order valence-electron chi connectivity index (χ4n) is 5.53. The molecule has 0 fully saturated rings. The minimum Gasteiger partial charge on any atom is -0.494 e. The number of ether oxygens (including phenoxy) is 3. The number of hydrogen-bond acceptors (Lipinski definition) is 7. The minimum absolute atomic E-state index is 0.246. The topological polar surface area (TPSA) is 79.1 Å². The predicted molar refractivity (Wildman–Crippen MR) is 177 cm³/mol. The summed E-state index contributed by atoms with van der Waals surface area (Å²) >= 11 is 1.28. The fraction of sp³-hybridized carbons (Fsp3) is 0.216. The molecule has 1 atom stereocenters. The molecule has 1 aliphatic heterocycles. The van der Waals surface area contributed by atoms with Crippen molar-refractivity contribution in [2.75, 3.05) is 6.61 Å². The molecule has 0 amide bonds. The summed E-state index contributed by atoms with van der Waals surface area (Å²) in [6, 6.07) is 28.8. The van der Waals surface area contributed by atoms with Gasteiger partial charge in [-0.3, -0.25) is 9.36 Å². The lowest BCUT2D eigenvalue weighted by Crippen LogP contribution is -2.40. The van der Waals surface area contributed by atoms with Gasteiger partial charge in [-0.05, 0) is 73.9 Å². The number of allylic oxidation sites excluding steroid dienone is 1. The number of hydrogen-bond donors (Lipinski definition) is 0. The fourth-order valence-corrected chi connectivity index (χ4v) is 6.57. The molecule has 7 nitrogen and oxygen atoms in total. The van der Waals surface area contributed by atoms with Gasteiger partial charge in [-0.2, -0.15) is 0 Å². The molecule has 0 saturated heterocycles. The molecule has 8 heteroatoms. The molecular weight excluding hydrogens is 584 g/mol. The number of carbonyl (C=O) groups is 1. The molecule has 0 unspecified atom stereocenters.